The number of halogens is 3. The maximum atomic E-state index is 14.0. The van der Waals surface area contributed by atoms with E-state index in [-0.39, 0.29) is 11.9 Å². The third-order valence-corrected chi connectivity index (χ3v) is 3.72. The summed E-state index contributed by atoms with van der Waals surface area (Å²) in [6.45, 7) is 1.87. The van der Waals surface area contributed by atoms with Gasteiger partial charge in [-0.25, -0.2) is 4.39 Å². The quantitative estimate of drug-likeness (QED) is 0.825. The van der Waals surface area contributed by atoms with Crippen LogP contribution < -0.4 is 10.1 Å². The first-order chi connectivity index (χ1) is 9.51. The second-order valence-electron chi connectivity index (χ2n) is 4.38. The fraction of sp³-hybridized carbons (Fsp3) is 0.200. The van der Waals surface area contributed by atoms with Crippen molar-refractivity contribution in [3.8, 4) is 5.75 Å². The fourth-order valence-electron chi connectivity index (χ4n) is 1.90. The summed E-state index contributed by atoms with van der Waals surface area (Å²) >= 11 is 11.8. The monoisotopic (exact) mass is 313 g/mol. The number of ether oxygens (including phenoxy) is 1. The van der Waals surface area contributed by atoms with Gasteiger partial charge >= 0.3 is 0 Å². The Labute approximate surface area is 127 Å². The van der Waals surface area contributed by atoms with E-state index in [9.17, 15) is 4.39 Å². The average molecular weight is 314 g/mol. The average Bonchev–Trinajstić information content (AvgIpc) is 2.42. The lowest BCUT2D eigenvalue weighted by molar-refractivity contribution is 0.410. The van der Waals surface area contributed by atoms with E-state index in [1.807, 2.05) is 6.92 Å². The highest BCUT2D eigenvalue weighted by molar-refractivity contribution is 6.42. The molecule has 1 N–H and O–H groups in total. The van der Waals surface area contributed by atoms with Crippen molar-refractivity contribution in [2.75, 3.05) is 12.4 Å². The number of anilines is 1. The fourth-order valence-corrected chi connectivity index (χ4v) is 2.20. The van der Waals surface area contributed by atoms with Crippen molar-refractivity contribution >= 4 is 28.9 Å². The van der Waals surface area contributed by atoms with Crippen molar-refractivity contribution in [2.24, 2.45) is 0 Å². The van der Waals surface area contributed by atoms with Gasteiger partial charge in [-0.1, -0.05) is 29.3 Å². The summed E-state index contributed by atoms with van der Waals surface area (Å²) in [5.41, 5.74) is 1.33. The van der Waals surface area contributed by atoms with Gasteiger partial charge in [0, 0.05) is 17.3 Å². The Hall–Kier alpha value is -1.45. The van der Waals surface area contributed by atoms with Crippen molar-refractivity contribution in [3.05, 3.63) is 57.8 Å². The molecule has 2 aromatic carbocycles. The third-order valence-electron chi connectivity index (χ3n) is 2.98. The highest BCUT2D eigenvalue weighted by atomic mass is 35.5. The highest BCUT2D eigenvalue weighted by Crippen LogP contribution is 2.29. The molecule has 0 aliphatic rings. The number of benzene rings is 2. The SMILES string of the molecule is COc1ccc(C(C)Nc2ccc(Cl)c(Cl)c2)c(F)c1. The maximum Gasteiger partial charge on any atom is 0.132 e. The number of methoxy groups -OCH3 is 1. The zero-order chi connectivity index (χ0) is 14.7. The molecule has 0 aromatic heterocycles. The Morgan fingerprint density at radius 1 is 1.10 bits per heavy atom. The predicted molar refractivity (Wildman–Crippen MR) is 81.5 cm³/mol. The first-order valence-electron chi connectivity index (χ1n) is 6.06. The number of hydrogen-bond donors (Lipinski definition) is 1. The smallest absolute Gasteiger partial charge is 0.132 e. The van der Waals surface area contributed by atoms with Crippen molar-refractivity contribution in [2.45, 2.75) is 13.0 Å². The molecule has 0 aliphatic carbocycles. The normalized spacial score (nSPS) is 12.1. The van der Waals surface area contributed by atoms with Gasteiger partial charge in [-0.15, -0.1) is 0 Å². The topological polar surface area (TPSA) is 21.3 Å². The van der Waals surface area contributed by atoms with Crippen molar-refractivity contribution < 1.29 is 9.13 Å². The Kier molecular flexibility index (Phi) is 4.73. The molecule has 0 saturated heterocycles. The van der Waals surface area contributed by atoms with Crippen molar-refractivity contribution in [1.82, 2.24) is 0 Å². The third kappa shape index (κ3) is 3.35. The zero-order valence-electron chi connectivity index (χ0n) is 11.1. The maximum absolute atomic E-state index is 14.0. The van der Waals surface area contributed by atoms with Gasteiger partial charge < -0.3 is 10.1 Å². The molecule has 0 aliphatic heterocycles. The molecule has 0 radical (unpaired) electrons. The van der Waals surface area contributed by atoms with E-state index in [2.05, 4.69) is 5.32 Å². The first kappa shape index (κ1) is 14.9. The van der Waals surface area contributed by atoms with E-state index in [0.29, 0.717) is 21.4 Å². The molecule has 2 aromatic rings. The van der Waals surface area contributed by atoms with Crippen LogP contribution in [0.2, 0.25) is 10.0 Å². The summed E-state index contributed by atoms with van der Waals surface area (Å²) in [4.78, 5) is 0. The van der Waals surface area contributed by atoms with Crippen LogP contribution in [0.3, 0.4) is 0 Å². The van der Waals surface area contributed by atoms with Gasteiger partial charge in [-0.3, -0.25) is 0 Å². The lowest BCUT2D eigenvalue weighted by Gasteiger charge is -2.17. The molecule has 0 saturated carbocycles. The second-order valence-corrected chi connectivity index (χ2v) is 5.20. The summed E-state index contributed by atoms with van der Waals surface area (Å²) in [6.07, 6.45) is 0. The Balaban J connectivity index is 2.19. The summed E-state index contributed by atoms with van der Waals surface area (Å²) in [6, 6.07) is 9.78. The first-order valence-corrected chi connectivity index (χ1v) is 6.82. The van der Waals surface area contributed by atoms with Crippen LogP contribution in [0.4, 0.5) is 10.1 Å². The Bertz CT molecular complexity index is 619. The molecule has 1 atom stereocenters. The minimum atomic E-state index is -0.315. The van der Waals surface area contributed by atoms with Crippen LogP contribution >= 0.6 is 23.2 Å². The summed E-state index contributed by atoms with van der Waals surface area (Å²) < 4.78 is 19.0. The molecule has 0 amide bonds. The molecule has 0 bridgehead atoms. The van der Waals surface area contributed by atoms with E-state index < -0.39 is 0 Å². The molecule has 1 unspecified atom stereocenters. The number of nitrogens with one attached hydrogen (secondary N) is 1. The van der Waals surface area contributed by atoms with Crippen molar-refractivity contribution in [1.29, 1.82) is 0 Å². The Morgan fingerprint density at radius 3 is 2.45 bits per heavy atom. The zero-order valence-corrected chi connectivity index (χ0v) is 12.6. The van der Waals surface area contributed by atoms with Crippen molar-refractivity contribution in [3.63, 3.8) is 0 Å². The molecule has 0 spiro atoms. The van der Waals surface area contributed by atoms with Crippen LogP contribution in [0, 0.1) is 5.82 Å². The summed E-state index contributed by atoms with van der Waals surface area (Å²) in [7, 11) is 1.51. The molecular weight excluding hydrogens is 300 g/mol. The number of rotatable bonds is 4. The van der Waals surface area contributed by atoms with Crippen LogP contribution in [0.1, 0.15) is 18.5 Å². The van der Waals surface area contributed by atoms with E-state index in [1.54, 1.807) is 30.3 Å². The minimum Gasteiger partial charge on any atom is -0.497 e. The largest absolute Gasteiger partial charge is 0.497 e. The minimum absolute atomic E-state index is 0.210. The highest BCUT2D eigenvalue weighted by Gasteiger charge is 2.12. The molecule has 0 fully saturated rings. The van der Waals surface area contributed by atoms with Gasteiger partial charge in [0.1, 0.15) is 11.6 Å². The van der Waals surface area contributed by atoms with E-state index in [4.69, 9.17) is 27.9 Å². The summed E-state index contributed by atoms with van der Waals surface area (Å²) in [5.74, 6) is 0.178. The van der Waals surface area contributed by atoms with Gasteiger partial charge in [0.05, 0.1) is 23.2 Å². The van der Waals surface area contributed by atoms with Gasteiger partial charge in [0.15, 0.2) is 0 Å². The van der Waals surface area contributed by atoms with Crippen LogP contribution in [-0.2, 0) is 0 Å². The van der Waals surface area contributed by atoms with Crippen LogP contribution in [-0.4, -0.2) is 7.11 Å². The molecule has 0 heterocycles. The standard InChI is InChI=1S/C15H14Cl2FNO/c1-9(12-5-4-11(20-2)8-15(12)18)19-10-3-6-13(16)14(17)7-10/h3-9,19H,1-2H3. The van der Waals surface area contributed by atoms with Crippen LogP contribution in [0.25, 0.3) is 0 Å². The summed E-state index contributed by atoms with van der Waals surface area (Å²) in [5, 5.41) is 4.12. The predicted octanol–water partition coefficient (Wildman–Crippen LogP) is 5.31. The van der Waals surface area contributed by atoms with Gasteiger partial charge in [0.25, 0.3) is 0 Å². The number of hydrogen-bond acceptors (Lipinski definition) is 2. The van der Waals surface area contributed by atoms with Gasteiger partial charge in [-0.2, -0.15) is 0 Å². The van der Waals surface area contributed by atoms with E-state index in [0.717, 1.165) is 5.69 Å². The Morgan fingerprint density at radius 2 is 1.85 bits per heavy atom. The molecule has 20 heavy (non-hydrogen) atoms. The molecular formula is C15H14Cl2FNO. The lowest BCUT2D eigenvalue weighted by atomic mass is 10.1. The molecule has 106 valence electrons. The van der Waals surface area contributed by atoms with Crippen LogP contribution in [0.5, 0.6) is 5.75 Å². The molecule has 5 heteroatoms. The lowest BCUT2D eigenvalue weighted by Crippen LogP contribution is -2.08. The van der Waals surface area contributed by atoms with E-state index >= 15 is 0 Å². The van der Waals surface area contributed by atoms with E-state index in [1.165, 1.54) is 13.2 Å². The molecule has 2 rings (SSSR count). The van der Waals surface area contributed by atoms with Gasteiger partial charge in [0.2, 0.25) is 0 Å². The second kappa shape index (κ2) is 6.33. The molecule has 2 nitrogen and oxygen atoms in total. The van der Waals surface area contributed by atoms with Crippen LogP contribution in [0.15, 0.2) is 36.4 Å². The van der Waals surface area contributed by atoms with Gasteiger partial charge in [-0.05, 0) is 31.2 Å².